The Labute approximate surface area is 112 Å². The van der Waals surface area contributed by atoms with Crippen LogP contribution in [0.15, 0.2) is 0 Å². The molecule has 0 aromatic carbocycles. The molecule has 4 heteroatoms. The van der Waals surface area contributed by atoms with E-state index in [0.717, 1.165) is 22.9 Å². The van der Waals surface area contributed by atoms with E-state index in [-0.39, 0.29) is 0 Å². The minimum Gasteiger partial charge on any atom is -0.300 e. The number of nitrogens with one attached hydrogen (secondary N) is 1. The topological polar surface area (TPSA) is 50.9 Å². The summed E-state index contributed by atoms with van der Waals surface area (Å²) in [5.74, 6) is 8.50. The van der Waals surface area contributed by atoms with Crippen molar-refractivity contribution in [1.82, 2.24) is 4.98 Å². The van der Waals surface area contributed by atoms with Crippen LogP contribution in [0.4, 0.5) is 5.13 Å². The number of hydrogen-bond acceptors (Lipinski definition) is 4. The fourth-order valence-electron chi connectivity index (χ4n) is 5.34. The van der Waals surface area contributed by atoms with Crippen LogP contribution in [0.25, 0.3) is 0 Å². The maximum Gasteiger partial charge on any atom is 0.197 e. The molecule has 0 spiro atoms. The van der Waals surface area contributed by atoms with Crippen molar-refractivity contribution in [2.24, 2.45) is 23.6 Å². The molecule has 98 valence electrons. The van der Waals surface area contributed by atoms with Crippen molar-refractivity contribution >= 4 is 16.5 Å². The Morgan fingerprint density at radius 1 is 1.17 bits per heavy atom. The molecular formula is C14H21N3S. The fraction of sp³-hybridized carbons (Fsp3) is 0.786. The second-order valence-electron chi connectivity index (χ2n) is 6.78. The van der Waals surface area contributed by atoms with Crippen LogP contribution in [-0.4, -0.2) is 4.98 Å². The number of aryl methyl sites for hydroxylation is 1. The Morgan fingerprint density at radius 2 is 1.72 bits per heavy atom. The van der Waals surface area contributed by atoms with Crippen molar-refractivity contribution in [3.63, 3.8) is 0 Å². The third-order valence-corrected chi connectivity index (χ3v) is 6.78. The Kier molecular flexibility index (Phi) is 2.31. The molecule has 4 aliphatic carbocycles. The van der Waals surface area contributed by atoms with Crippen molar-refractivity contribution in [3.05, 3.63) is 10.6 Å². The van der Waals surface area contributed by atoms with Crippen LogP contribution in [0.2, 0.25) is 0 Å². The minimum absolute atomic E-state index is 0.464. The van der Waals surface area contributed by atoms with Gasteiger partial charge < -0.3 is 0 Å². The molecule has 0 aliphatic heterocycles. The highest BCUT2D eigenvalue weighted by Gasteiger charge is 2.52. The average Bonchev–Trinajstić information content (AvgIpc) is 2.69. The molecule has 1 aromatic rings. The number of nitrogens with two attached hydrogens (primary N) is 1. The largest absolute Gasteiger partial charge is 0.300 e. The van der Waals surface area contributed by atoms with Gasteiger partial charge in [-0.1, -0.05) is 0 Å². The van der Waals surface area contributed by atoms with E-state index in [4.69, 9.17) is 5.84 Å². The average molecular weight is 263 g/mol. The van der Waals surface area contributed by atoms with Gasteiger partial charge in [-0.2, -0.15) is 0 Å². The quantitative estimate of drug-likeness (QED) is 0.636. The van der Waals surface area contributed by atoms with Crippen LogP contribution in [-0.2, 0) is 5.41 Å². The molecule has 0 radical (unpaired) electrons. The van der Waals surface area contributed by atoms with Gasteiger partial charge in [0.15, 0.2) is 5.13 Å². The fourth-order valence-corrected chi connectivity index (χ4v) is 6.43. The van der Waals surface area contributed by atoms with E-state index >= 15 is 0 Å². The van der Waals surface area contributed by atoms with Gasteiger partial charge in [-0.05, 0) is 63.2 Å². The van der Waals surface area contributed by atoms with Gasteiger partial charge in [-0.3, -0.25) is 5.43 Å². The summed E-state index contributed by atoms with van der Waals surface area (Å²) in [6.45, 7) is 2.16. The Hall–Kier alpha value is -0.610. The van der Waals surface area contributed by atoms with Crippen molar-refractivity contribution in [2.75, 3.05) is 5.43 Å². The normalized spacial score (nSPS) is 41.3. The van der Waals surface area contributed by atoms with Crippen molar-refractivity contribution in [3.8, 4) is 0 Å². The second kappa shape index (κ2) is 3.70. The number of hydrazine groups is 1. The summed E-state index contributed by atoms with van der Waals surface area (Å²) in [4.78, 5) is 6.11. The monoisotopic (exact) mass is 263 g/mol. The van der Waals surface area contributed by atoms with Gasteiger partial charge in [-0.15, -0.1) is 11.3 Å². The number of thiazole rings is 1. The molecule has 5 rings (SSSR count). The molecule has 0 atom stereocenters. The number of anilines is 1. The van der Waals surface area contributed by atoms with E-state index < -0.39 is 0 Å². The number of aromatic nitrogens is 1. The molecule has 0 saturated heterocycles. The lowest BCUT2D eigenvalue weighted by molar-refractivity contribution is -0.00382. The summed E-state index contributed by atoms with van der Waals surface area (Å²) in [6.07, 6.45) is 8.72. The summed E-state index contributed by atoms with van der Waals surface area (Å²) >= 11 is 1.80. The van der Waals surface area contributed by atoms with Gasteiger partial charge in [0.05, 0.1) is 5.69 Å². The molecule has 3 N–H and O–H groups in total. The summed E-state index contributed by atoms with van der Waals surface area (Å²) in [5.41, 5.74) is 4.41. The van der Waals surface area contributed by atoms with Crippen LogP contribution in [0.3, 0.4) is 0 Å². The van der Waals surface area contributed by atoms with Gasteiger partial charge in [-0.25, -0.2) is 10.8 Å². The van der Waals surface area contributed by atoms with E-state index in [1.165, 1.54) is 49.1 Å². The number of hydrogen-bond donors (Lipinski definition) is 2. The van der Waals surface area contributed by atoms with Crippen LogP contribution in [0, 0.1) is 24.7 Å². The van der Waals surface area contributed by atoms with Gasteiger partial charge in [0.1, 0.15) is 0 Å². The van der Waals surface area contributed by atoms with Crippen molar-refractivity contribution in [2.45, 2.75) is 50.9 Å². The highest BCUT2D eigenvalue weighted by molar-refractivity contribution is 7.15. The van der Waals surface area contributed by atoms with E-state index in [1.807, 2.05) is 0 Å². The first-order chi connectivity index (χ1) is 8.68. The van der Waals surface area contributed by atoms with E-state index in [2.05, 4.69) is 17.3 Å². The molecule has 1 heterocycles. The summed E-state index contributed by atoms with van der Waals surface area (Å²) in [7, 11) is 0. The first kappa shape index (κ1) is 11.2. The van der Waals surface area contributed by atoms with Gasteiger partial charge in [0, 0.05) is 10.3 Å². The highest BCUT2D eigenvalue weighted by atomic mass is 32.1. The predicted molar refractivity (Wildman–Crippen MR) is 74.5 cm³/mol. The molecule has 0 amide bonds. The number of nitrogens with zero attached hydrogens (tertiary/aromatic N) is 1. The summed E-state index contributed by atoms with van der Waals surface area (Å²) in [5, 5.41) is 0.887. The van der Waals surface area contributed by atoms with E-state index in [0.29, 0.717) is 5.41 Å². The zero-order valence-corrected chi connectivity index (χ0v) is 11.7. The van der Waals surface area contributed by atoms with Crippen LogP contribution < -0.4 is 11.3 Å². The molecular weight excluding hydrogens is 242 g/mol. The van der Waals surface area contributed by atoms with E-state index in [9.17, 15) is 0 Å². The van der Waals surface area contributed by atoms with Gasteiger partial charge >= 0.3 is 0 Å². The zero-order chi connectivity index (χ0) is 12.3. The third-order valence-electron chi connectivity index (χ3n) is 5.44. The molecule has 4 bridgehead atoms. The Balaban J connectivity index is 1.76. The first-order valence-corrected chi connectivity index (χ1v) is 7.95. The highest BCUT2D eigenvalue weighted by Crippen LogP contribution is 2.62. The van der Waals surface area contributed by atoms with Gasteiger partial charge in [0.2, 0.25) is 0 Å². The van der Waals surface area contributed by atoms with Crippen LogP contribution >= 0.6 is 11.3 Å². The molecule has 0 unspecified atom stereocenters. The Bertz CT molecular complexity index is 444. The first-order valence-electron chi connectivity index (χ1n) is 7.13. The second-order valence-corrected chi connectivity index (χ2v) is 7.77. The summed E-state index contributed by atoms with van der Waals surface area (Å²) in [6, 6.07) is 0. The van der Waals surface area contributed by atoms with Gasteiger partial charge in [0.25, 0.3) is 0 Å². The predicted octanol–water partition coefficient (Wildman–Crippen LogP) is 3.20. The maximum atomic E-state index is 5.52. The lowest BCUT2D eigenvalue weighted by atomic mass is 9.49. The Morgan fingerprint density at radius 3 is 2.17 bits per heavy atom. The van der Waals surface area contributed by atoms with Crippen molar-refractivity contribution in [1.29, 1.82) is 0 Å². The van der Waals surface area contributed by atoms with Crippen LogP contribution in [0.1, 0.15) is 49.1 Å². The third kappa shape index (κ3) is 1.48. The molecule has 18 heavy (non-hydrogen) atoms. The number of nitrogen functional groups attached to an aromatic ring is 1. The lowest BCUT2D eigenvalue weighted by Crippen LogP contribution is -2.48. The molecule has 1 aromatic heterocycles. The lowest BCUT2D eigenvalue weighted by Gasteiger charge is -2.56. The molecule has 4 aliphatic rings. The zero-order valence-electron chi connectivity index (χ0n) is 10.9. The smallest absolute Gasteiger partial charge is 0.197 e. The van der Waals surface area contributed by atoms with Crippen LogP contribution in [0.5, 0.6) is 0 Å². The van der Waals surface area contributed by atoms with Crippen molar-refractivity contribution < 1.29 is 0 Å². The number of rotatable bonds is 2. The molecule has 4 fully saturated rings. The summed E-state index contributed by atoms with van der Waals surface area (Å²) < 4.78 is 0. The molecule has 3 nitrogen and oxygen atoms in total. The standard InChI is InChI=1S/C14H21N3S/c1-8-12(18-13(16-8)17-15)14-5-9-2-10(6-14)4-11(3-9)7-14/h9-11H,2-7,15H2,1H3,(H,16,17). The minimum atomic E-state index is 0.464. The SMILES string of the molecule is Cc1nc(NN)sc1C12CC3CC(CC(C3)C1)C2. The van der Waals surface area contributed by atoms with E-state index in [1.54, 1.807) is 11.3 Å². The maximum absolute atomic E-state index is 5.52. The molecule has 4 saturated carbocycles.